The fourth-order valence-electron chi connectivity index (χ4n) is 4.10. The molecule has 29 heavy (non-hydrogen) atoms. The molecule has 4 rings (SSSR count). The summed E-state index contributed by atoms with van der Waals surface area (Å²) in [7, 11) is 1.68. The lowest BCUT2D eigenvalue weighted by Gasteiger charge is -2.39. The number of methoxy groups -OCH3 is 1. The number of para-hydroxylation sites is 1. The lowest BCUT2D eigenvalue weighted by Crippen LogP contribution is -2.54. The Morgan fingerprint density at radius 2 is 1.31 bits per heavy atom. The van der Waals surface area contributed by atoms with Crippen molar-refractivity contribution in [2.45, 2.75) is 0 Å². The van der Waals surface area contributed by atoms with Gasteiger partial charge in [-0.2, -0.15) is 0 Å². The number of carbonyl (C=O) groups is 1. The minimum Gasteiger partial charge on any atom is -0.497 e. The third kappa shape index (κ3) is 4.82. The van der Waals surface area contributed by atoms with Crippen molar-refractivity contribution in [3.63, 3.8) is 0 Å². The van der Waals surface area contributed by atoms with Crippen molar-refractivity contribution in [1.29, 1.82) is 0 Å². The summed E-state index contributed by atoms with van der Waals surface area (Å²) < 4.78 is 5.23. The van der Waals surface area contributed by atoms with E-state index in [1.165, 1.54) is 11.4 Å². The summed E-state index contributed by atoms with van der Waals surface area (Å²) >= 11 is 0. The SMILES string of the molecule is COc1ccc(N2CCN(C(=O)CN3CCN(c4ccccc4)CC3)CC2)cc1. The molecule has 2 aliphatic rings. The van der Waals surface area contributed by atoms with Crippen molar-refractivity contribution in [2.24, 2.45) is 0 Å². The molecule has 0 aromatic heterocycles. The van der Waals surface area contributed by atoms with Gasteiger partial charge in [-0.25, -0.2) is 0 Å². The van der Waals surface area contributed by atoms with E-state index in [-0.39, 0.29) is 5.91 Å². The summed E-state index contributed by atoms with van der Waals surface area (Å²) in [6.07, 6.45) is 0. The van der Waals surface area contributed by atoms with Gasteiger partial charge >= 0.3 is 0 Å². The van der Waals surface area contributed by atoms with Gasteiger partial charge in [0, 0.05) is 63.7 Å². The van der Waals surface area contributed by atoms with Gasteiger partial charge in [0.05, 0.1) is 13.7 Å². The number of carbonyl (C=O) groups excluding carboxylic acids is 1. The third-order valence-corrected chi connectivity index (χ3v) is 5.92. The van der Waals surface area contributed by atoms with Crippen molar-refractivity contribution in [2.75, 3.05) is 75.8 Å². The first kappa shape index (κ1) is 19.6. The van der Waals surface area contributed by atoms with Crippen LogP contribution in [-0.4, -0.2) is 81.7 Å². The highest BCUT2D eigenvalue weighted by Crippen LogP contribution is 2.21. The highest BCUT2D eigenvalue weighted by atomic mass is 16.5. The average Bonchev–Trinajstić information content (AvgIpc) is 2.80. The zero-order valence-electron chi connectivity index (χ0n) is 17.2. The molecule has 0 N–H and O–H groups in total. The van der Waals surface area contributed by atoms with E-state index in [9.17, 15) is 4.79 Å². The molecular formula is C23H30N4O2. The molecule has 2 saturated heterocycles. The van der Waals surface area contributed by atoms with E-state index < -0.39 is 0 Å². The van der Waals surface area contributed by atoms with Crippen LogP contribution in [0.1, 0.15) is 0 Å². The van der Waals surface area contributed by atoms with Gasteiger partial charge in [-0.3, -0.25) is 9.69 Å². The Kier molecular flexibility index (Phi) is 6.20. The van der Waals surface area contributed by atoms with Gasteiger partial charge in [-0.05, 0) is 36.4 Å². The van der Waals surface area contributed by atoms with Crippen molar-refractivity contribution in [3.05, 3.63) is 54.6 Å². The Labute approximate surface area is 173 Å². The summed E-state index contributed by atoms with van der Waals surface area (Å²) in [6, 6.07) is 18.7. The Bertz CT molecular complexity index is 780. The van der Waals surface area contributed by atoms with Crippen LogP contribution in [0, 0.1) is 0 Å². The van der Waals surface area contributed by atoms with Gasteiger partial charge < -0.3 is 19.4 Å². The molecule has 2 aliphatic heterocycles. The molecule has 2 fully saturated rings. The number of nitrogens with zero attached hydrogens (tertiary/aromatic N) is 4. The first-order valence-corrected chi connectivity index (χ1v) is 10.4. The van der Waals surface area contributed by atoms with Crippen LogP contribution in [0.25, 0.3) is 0 Å². The van der Waals surface area contributed by atoms with Crippen molar-refractivity contribution in [1.82, 2.24) is 9.80 Å². The monoisotopic (exact) mass is 394 g/mol. The van der Waals surface area contributed by atoms with Crippen LogP contribution in [0.4, 0.5) is 11.4 Å². The number of benzene rings is 2. The number of hydrogen-bond donors (Lipinski definition) is 0. The zero-order chi connectivity index (χ0) is 20.1. The smallest absolute Gasteiger partial charge is 0.236 e. The van der Waals surface area contributed by atoms with E-state index in [0.29, 0.717) is 6.54 Å². The van der Waals surface area contributed by atoms with Gasteiger partial charge in [0.1, 0.15) is 5.75 Å². The predicted molar refractivity (Wildman–Crippen MR) is 117 cm³/mol. The molecule has 0 spiro atoms. The molecule has 6 heteroatoms. The van der Waals surface area contributed by atoms with Gasteiger partial charge in [0.25, 0.3) is 0 Å². The van der Waals surface area contributed by atoms with Crippen LogP contribution >= 0.6 is 0 Å². The lowest BCUT2D eigenvalue weighted by molar-refractivity contribution is -0.132. The maximum atomic E-state index is 12.8. The molecule has 2 aromatic carbocycles. The number of rotatable bonds is 5. The minimum atomic E-state index is 0.257. The molecule has 0 atom stereocenters. The Morgan fingerprint density at radius 3 is 1.90 bits per heavy atom. The van der Waals surface area contributed by atoms with Crippen LogP contribution in [0.3, 0.4) is 0 Å². The molecule has 0 unspecified atom stereocenters. The lowest BCUT2D eigenvalue weighted by atomic mass is 10.2. The zero-order valence-corrected chi connectivity index (χ0v) is 17.2. The molecule has 0 aliphatic carbocycles. The normalized spacial score (nSPS) is 18.0. The van der Waals surface area contributed by atoms with Crippen molar-refractivity contribution < 1.29 is 9.53 Å². The standard InChI is InChI=1S/C23H30N4O2/c1-29-22-9-7-21(8-10-22)26-15-17-27(18-16-26)23(28)19-24-11-13-25(14-12-24)20-5-3-2-4-6-20/h2-10H,11-19H2,1H3. The van der Waals surface area contributed by atoms with Gasteiger partial charge in [0.2, 0.25) is 5.91 Å². The van der Waals surface area contributed by atoms with E-state index in [4.69, 9.17) is 4.74 Å². The van der Waals surface area contributed by atoms with Gasteiger partial charge in [0.15, 0.2) is 0 Å². The number of hydrogen-bond acceptors (Lipinski definition) is 5. The minimum absolute atomic E-state index is 0.257. The quantitative estimate of drug-likeness (QED) is 0.777. The third-order valence-electron chi connectivity index (χ3n) is 5.92. The summed E-state index contributed by atoms with van der Waals surface area (Å²) in [5, 5.41) is 0. The topological polar surface area (TPSA) is 39.3 Å². The number of anilines is 2. The van der Waals surface area contributed by atoms with Gasteiger partial charge in [-0.1, -0.05) is 18.2 Å². The Morgan fingerprint density at radius 1 is 0.759 bits per heavy atom. The van der Waals surface area contributed by atoms with E-state index in [1.54, 1.807) is 7.11 Å². The highest BCUT2D eigenvalue weighted by molar-refractivity contribution is 5.78. The molecule has 154 valence electrons. The van der Waals surface area contributed by atoms with Crippen molar-refractivity contribution in [3.8, 4) is 5.75 Å². The molecule has 6 nitrogen and oxygen atoms in total. The maximum absolute atomic E-state index is 12.8. The number of amides is 1. The average molecular weight is 395 g/mol. The van der Waals surface area contributed by atoms with Crippen LogP contribution in [0.2, 0.25) is 0 Å². The second-order valence-electron chi connectivity index (χ2n) is 7.66. The summed E-state index contributed by atoms with van der Waals surface area (Å²) in [6.45, 7) is 7.68. The summed E-state index contributed by atoms with van der Waals surface area (Å²) in [5.41, 5.74) is 2.46. The van der Waals surface area contributed by atoms with Crippen LogP contribution in [0.15, 0.2) is 54.6 Å². The van der Waals surface area contributed by atoms with Crippen LogP contribution in [-0.2, 0) is 4.79 Å². The fourth-order valence-corrected chi connectivity index (χ4v) is 4.10. The Hall–Kier alpha value is -2.73. The Balaban J connectivity index is 1.22. The maximum Gasteiger partial charge on any atom is 0.236 e. The van der Waals surface area contributed by atoms with Crippen molar-refractivity contribution >= 4 is 17.3 Å². The summed E-state index contributed by atoms with van der Waals surface area (Å²) in [4.78, 5) is 21.8. The van der Waals surface area contributed by atoms with E-state index in [1.807, 2.05) is 23.1 Å². The van der Waals surface area contributed by atoms with E-state index in [2.05, 4.69) is 51.1 Å². The number of piperazine rings is 2. The predicted octanol–water partition coefficient (Wildman–Crippen LogP) is 2.17. The molecule has 2 heterocycles. The van der Waals surface area contributed by atoms with Crippen LogP contribution in [0.5, 0.6) is 5.75 Å². The molecule has 0 radical (unpaired) electrons. The molecular weight excluding hydrogens is 364 g/mol. The molecule has 0 bridgehead atoms. The van der Waals surface area contributed by atoms with E-state index >= 15 is 0 Å². The number of ether oxygens (including phenoxy) is 1. The van der Waals surface area contributed by atoms with Gasteiger partial charge in [-0.15, -0.1) is 0 Å². The second kappa shape index (κ2) is 9.18. The fraction of sp³-hybridized carbons (Fsp3) is 0.435. The first-order chi connectivity index (χ1) is 14.2. The largest absolute Gasteiger partial charge is 0.497 e. The first-order valence-electron chi connectivity index (χ1n) is 10.4. The molecule has 2 aromatic rings. The highest BCUT2D eigenvalue weighted by Gasteiger charge is 2.25. The second-order valence-corrected chi connectivity index (χ2v) is 7.66. The molecule has 1 amide bonds. The van der Waals surface area contributed by atoms with E-state index in [0.717, 1.165) is 58.1 Å². The van der Waals surface area contributed by atoms with Crippen LogP contribution < -0.4 is 14.5 Å². The summed E-state index contributed by atoms with van der Waals surface area (Å²) in [5.74, 6) is 1.13. The molecule has 0 saturated carbocycles.